The normalized spacial score (nSPS) is 17.9. The molecule has 1 aliphatic rings. The molecule has 3 aromatic rings. The van der Waals surface area contributed by atoms with Gasteiger partial charge in [-0.2, -0.15) is 0 Å². The van der Waals surface area contributed by atoms with Gasteiger partial charge in [0.05, 0.1) is 24.4 Å². The molecule has 31 heavy (non-hydrogen) atoms. The first-order valence-corrected chi connectivity index (χ1v) is 10.3. The van der Waals surface area contributed by atoms with Crippen molar-refractivity contribution in [2.45, 2.75) is 19.9 Å². The number of aryl methyl sites for hydroxylation is 2. The van der Waals surface area contributed by atoms with Crippen molar-refractivity contribution in [3.63, 3.8) is 0 Å². The molecule has 1 fully saturated rings. The van der Waals surface area contributed by atoms with Crippen LogP contribution in [0.2, 0.25) is 0 Å². The second kappa shape index (κ2) is 7.88. The molecule has 158 valence electrons. The number of carbonyl (C=O) groups excluding carboxylic acids is 2. The van der Waals surface area contributed by atoms with Gasteiger partial charge in [0, 0.05) is 10.4 Å². The predicted octanol–water partition coefficient (Wildman–Crippen LogP) is 4.10. The second-order valence-corrected chi connectivity index (χ2v) is 8.31. The summed E-state index contributed by atoms with van der Waals surface area (Å²) < 4.78 is 5.14. The van der Waals surface area contributed by atoms with E-state index in [0.717, 1.165) is 10.6 Å². The van der Waals surface area contributed by atoms with E-state index in [0.29, 0.717) is 22.0 Å². The monoisotopic (exact) mass is 436 g/mol. The zero-order valence-electron chi connectivity index (χ0n) is 17.1. The number of rotatable bonds is 4. The van der Waals surface area contributed by atoms with Gasteiger partial charge in [0.25, 0.3) is 5.78 Å². The van der Waals surface area contributed by atoms with Crippen LogP contribution < -0.4 is 9.64 Å². The summed E-state index contributed by atoms with van der Waals surface area (Å²) in [4.78, 5) is 32.8. The molecule has 1 aromatic heterocycles. The number of ketones is 1. The van der Waals surface area contributed by atoms with Crippen molar-refractivity contribution < 1.29 is 24.5 Å². The zero-order chi connectivity index (χ0) is 22.3. The Balaban J connectivity index is 1.93. The van der Waals surface area contributed by atoms with Crippen molar-refractivity contribution in [1.29, 1.82) is 0 Å². The molecule has 0 radical (unpaired) electrons. The first kappa shape index (κ1) is 20.6. The lowest BCUT2D eigenvalue weighted by molar-refractivity contribution is -0.132. The topological polar surface area (TPSA) is 100.0 Å². The maximum atomic E-state index is 13.1. The first-order chi connectivity index (χ1) is 14.8. The van der Waals surface area contributed by atoms with E-state index in [2.05, 4.69) is 4.98 Å². The molecule has 4 rings (SSSR count). The summed E-state index contributed by atoms with van der Waals surface area (Å²) in [5, 5.41) is 21.4. The van der Waals surface area contributed by atoms with Crippen LogP contribution in [0, 0.1) is 13.8 Å². The third kappa shape index (κ3) is 3.55. The number of hydrogen-bond acceptors (Lipinski definition) is 7. The molecule has 7 nitrogen and oxygen atoms in total. The molecule has 2 aromatic carbocycles. The molecule has 2 heterocycles. The van der Waals surface area contributed by atoms with Crippen LogP contribution in [0.15, 0.2) is 54.1 Å². The molecule has 1 saturated heterocycles. The van der Waals surface area contributed by atoms with Gasteiger partial charge in [0.1, 0.15) is 17.3 Å². The number of aromatic hydroxyl groups is 1. The minimum Gasteiger partial charge on any atom is -0.508 e. The van der Waals surface area contributed by atoms with Crippen molar-refractivity contribution in [2.75, 3.05) is 12.0 Å². The van der Waals surface area contributed by atoms with Crippen LogP contribution in [0.3, 0.4) is 0 Å². The van der Waals surface area contributed by atoms with E-state index in [9.17, 15) is 19.8 Å². The van der Waals surface area contributed by atoms with E-state index >= 15 is 0 Å². The molecule has 1 unspecified atom stereocenters. The Bertz CT molecular complexity index is 1190. The first-order valence-electron chi connectivity index (χ1n) is 9.50. The number of carbonyl (C=O) groups is 2. The van der Waals surface area contributed by atoms with Gasteiger partial charge in [-0.25, -0.2) is 4.98 Å². The smallest absolute Gasteiger partial charge is 0.301 e. The van der Waals surface area contributed by atoms with Crippen molar-refractivity contribution in [2.24, 2.45) is 0 Å². The number of phenols is 1. The molecule has 0 saturated carbocycles. The molecule has 0 bridgehead atoms. The quantitative estimate of drug-likeness (QED) is 0.363. The minimum atomic E-state index is -0.931. The Labute approximate surface area is 182 Å². The highest BCUT2D eigenvalue weighted by molar-refractivity contribution is 7.16. The van der Waals surface area contributed by atoms with Crippen molar-refractivity contribution >= 4 is 33.9 Å². The standard InChI is InChI=1S/C23H20N2O5S/c1-12-13(2)31-23(24-12)25-19(15-5-4-6-16(26)11-15)18(21(28)22(25)29)20(27)14-7-9-17(30-3)10-8-14/h4-11,19,26-27H,1-3H3. The Morgan fingerprint density at radius 2 is 1.84 bits per heavy atom. The van der Waals surface area contributed by atoms with Crippen LogP contribution in [-0.4, -0.2) is 34.0 Å². The third-order valence-corrected chi connectivity index (χ3v) is 6.29. The molecule has 1 atom stereocenters. The maximum absolute atomic E-state index is 13.1. The zero-order valence-corrected chi connectivity index (χ0v) is 17.9. The highest BCUT2D eigenvalue weighted by Crippen LogP contribution is 2.44. The number of nitrogens with zero attached hydrogens (tertiary/aromatic N) is 2. The molecule has 2 N–H and O–H groups in total. The summed E-state index contributed by atoms with van der Waals surface area (Å²) in [7, 11) is 1.53. The number of ether oxygens (including phenoxy) is 1. The molecule has 0 spiro atoms. The van der Waals surface area contributed by atoms with Gasteiger partial charge in [-0.05, 0) is 55.8 Å². The maximum Gasteiger partial charge on any atom is 0.301 e. The summed E-state index contributed by atoms with van der Waals surface area (Å²) in [5.41, 5.74) is 1.55. The summed E-state index contributed by atoms with van der Waals surface area (Å²) in [6.07, 6.45) is 0. The summed E-state index contributed by atoms with van der Waals surface area (Å²) in [6, 6.07) is 11.9. The van der Waals surface area contributed by atoms with Crippen molar-refractivity contribution in [3.8, 4) is 11.5 Å². The van der Waals surface area contributed by atoms with Crippen LogP contribution in [0.1, 0.15) is 27.7 Å². The number of Topliss-reactive ketones (excluding diaryl/α,β-unsaturated/α-hetero) is 1. The lowest BCUT2D eigenvalue weighted by Gasteiger charge is -2.23. The molecular formula is C23H20N2O5S. The largest absolute Gasteiger partial charge is 0.508 e. The number of benzene rings is 2. The summed E-state index contributed by atoms with van der Waals surface area (Å²) in [5.74, 6) is -1.32. The predicted molar refractivity (Wildman–Crippen MR) is 117 cm³/mol. The molecule has 1 amide bonds. The summed E-state index contributed by atoms with van der Waals surface area (Å²) in [6.45, 7) is 3.71. The Morgan fingerprint density at radius 3 is 2.42 bits per heavy atom. The van der Waals surface area contributed by atoms with Crippen LogP contribution in [0.25, 0.3) is 5.76 Å². The van der Waals surface area contributed by atoms with E-state index < -0.39 is 17.7 Å². The molecule has 1 aliphatic heterocycles. The lowest BCUT2D eigenvalue weighted by Crippen LogP contribution is -2.29. The highest BCUT2D eigenvalue weighted by atomic mass is 32.1. The Morgan fingerprint density at radius 1 is 1.13 bits per heavy atom. The number of hydrogen-bond donors (Lipinski definition) is 2. The van der Waals surface area contributed by atoms with Gasteiger partial charge in [-0.3, -0.25) is 14.5 Å². The van der Waals surface area contributed by atoms with Gasteiger partial charge in [-0.15, -0.1) is 11.3 Å². The van der Waals surface area contributed by atoms with Crippen molar-refractivity contribution in [1.82, 2.24) is 4.98 Å². The van der Waals surface area contributed by atoms with E-state index in [1.165, 1.54) is 35.5 Å². The fraction of sp³-hybridized carbons (Fsp3) is 0.174. The Hall–Kier alpha value is -3.65. The van der Waals surface area contributed by atoms with Gasteiger partial charge in [-0.1, -0.05) is 12.1 Å². The van der Waals surface area contributed by atoms with Gasteiger partial charge < -0.3 is 14.9 Å². The second-order valence-electron chi connectivity index (χ2n) is 7.13. The lowest BCUT2D eigenvalue weighted by atomic mass is 9.95. The number of anilines is 1. The van der Waals surface area contributed by atoms with Crippen molar-refractivity contribution in [3.05, 3.63) is 75.8 Å². The van der Waals surface area contributed by atoms with Crippen LogP contribution in [0.4, 0.5) is 5.13 Å². The van der Waals surface area contributed by atoms with Crippen LogP contribution >= 0.6 is 11.3 Å². The van der Waals surface area contributed by atoms with Crippen LogP contribution in [-0.2, 0) is 9.59 Å². The number of aliphatic hydroxyl groups is 1. The SMILES string of the molecule is COc1ccc(C(O)=C2C(=O)C(=O)N(c3nc(C)c(C)s3)C2c2cccc(O)c2)cc1. The van der Waals surface area contributed by atoms with Gasteiger partial charge >= 0.3 is 5.91 Å². The number of aromatic nitrogens is 1. The minimum absolute atomic E-state index is 0.0148. The van der Waals surface area contributed by atoms with E-state index in [-0.39, 0.29) is 17.1 Å². The number of aliphatic hydroxyl groups excluding tert-OH is 1. The fourth-order valence-electron chi connectivity index (χ4n) is 3.50. The van der Waals surface area contributed by atoms with E-state index in [4.69, 9.17) is 4.74 Å². The van der Waals surface area contributed by atoms with Gasteiger partial charge in [0.15, 0.2) is 5.13 Å². The van der Waals surface area contributed by atoms with E-state index in [1.54, 1.807) is 36.4 Å². The molecule has 0 aliphatic carbocycles. The third-order valence-electron chi connectivity index (χ3n) is 5.22. The molecule has 8 heteroatoms. The fourth-order valence-corrected chi connectivity index (χ4v) is 4.44. The van der Waals surface area contributed by atoms with Crippen LogP contribution in [0.5, 0.6) is 11.5 Å². The average Bonchev–Trinajstić information content (AvgIpc) is 3.23. The molecular weight excluding hydrogens is 416 g/mol. The van der Waals surface area contributed by atoms with E-state index in [1.807, 2.05) is 13.8 Å². The number of amides is 1. The number of methoxy groups -OCH3 is 1. The Kier molecular flexibility index (Phi) is 5.24. The summed E-state index contributed by atoms with van der Waals surface area (Å²) >= 11 is 1.29. The number of thiazole rings is 1. The average molecular weight is 436 g/mol. The highest BCUT2D eigenvalue weighted by Gasteiger charge is 2.48. The number of phenolic OH excluding ortho intramolecular Hbond substituents is 1. The van der Waals surface area contributed by atoms with Gasteiger partial charge in [0.2, 0.25) is 0 Å².